The number of carbonyl (C=O) groups is 1. The summed E-state index contributed by atoms with van der Waals surface area (Å²) in [6.45, 7) is 0.126. The number of hydrogen-bond donors (Lipinski definition) is 2. The lowest BCUT2D eigenvalue weighted by molar-refractivity contribution is 0.0957. The average Bonchev–Trinajstić information content (AvgIpc) is 3.19. The van der Waals surface area contributed by atoms with Gasteiger partial charge in [-0.3, -0.25) is 4.79 Å². The predicted molar refractivity (Wildman–Crippen MR) is 107 cm³/mol. The molecule has 10 nitrogen and oxygen atoms in total. The maximum absolute atomic E-state index is 11.9. The van der Waals surface area contributed by atoms with Crippen molar-refractivity contribution in [1.29, 1.82) is 0 Å². The molecular weight excluding hydrogens is 386 g/mol. The Balaban J connectivity index is 1.58. The molecule has 0 radical (unpaired) electrons. The fourth-order valence-electron chi connectivity index (χ4n) is 2.90. The van der Waals surface area contributed by atoms with E-state index in [4.69, 9.17) is 9.84 Å². The van der Waals surface area contributed by atoms with Crippen LogP contribution in [0, 0.1) is 0 Å². The summed E-state index contributed by atoms with van der Waals surface area (Å²) in [7, 11) is 1.56. The van der Waals surface area contributed by atoms with Crippen molar-refractivity contribution in [3.8, 4) is 17.1 Å². The average molecular weight is 405 g/mol. The van der Waals surface area contributed by atoms with Crippen molar-refractivity contribution in [2.75, 3.05) is 20.3 Å². The Morgan fingerprint density at radius 3 is 2.77 bits per heavy atom. The van der Waals surface area contributed by atoms with Crippen LogP contribution in [-0.4, -0.2) is 61.1 Å². The maximum atomic E-state index is 11.9. The normalized spacial score (nSPS) is 10.9. The number of aliphatic hydroxyl groups is 1. The van der Waals surface area contributed by atoms with Crippen LogP contribution >= 0.6 is 0 Å². The number of amides is 1. The number of nitrogens with one attached hydrogen (secondary N) is 1. The zero-order valence-corrected chi connectivity index (χ0v) is 16.2. The van der Waals surface area contributed by atoms with Gasteiger partial charge in [-0.15, -0.1) is 10.2 Å². The van der Waals surface area contributed by atoms with Crippen LogP contribution in [0.1, 0.15) is 21.9 Å². The molecule has 0 fully saturated rings. The monoisotopic (exact) mass is 405 g/mol. The molecule has 0 atom stereocenters. The van der Waals surface area contributed by atoms with E-state index in [1.165, 1.54) is 0 Å². The van der Waals surface area contributed by atoms with Crippen molar-refractivity contribution in [3.05, 3.63) is 65.9 Å². The van der Waals surface area contributed by atoms with Crippen molar-refractivity contribution in [1.82, 2.24) is 35.1 Å². The van der Waals surface area contributed by atoms with Gasteiger partial charge in [-0.05, 0) is 23.8 Å². The molecule has 0 aliphatic carbocycles. The number of benzene rings is 1. The van der Waals surface area contributed by atoms with Crippen LogP contribution in [0.15, 0.2) is 48.8 Å². The summed E-state index contributed by atoms with van der Waals surface area (Å²) in [5.41, 5.74) is 2.67. The van der Waals surface area contributed by atoms with Gasteiger partial charge >= 0.3 is 0 Å². The Morgan fingerprint density at radius 1 is 1.17 bits per heavy atom. The SMILES string of the molecule is CNC(=O)c1ccc2nnc(Cc3cccc(-c4ncc(OCCO)cn4)c3)n2n1. The largest absolute Gasteiger partial charge is 0.488 e. The number of rotatable bonds is 7. The fraction of sp³-hybridized carbons (Fsp3) is 0.200. The molecule has 2 N–H and O–H groups in total. The number of aliphatic hydroxyl groups excluding tert-OH is 1. The Hall–Kier alpha value is -3.92. The molecule has 1 amide bonds. The molecule has 0 saturated heterocycles. The molecule has 0 saturated carbocycles. The number of hydrogen-bond acceptors (Lipinski definition) is 8. The van der Waals surface area contributed by atoms with Gasteiger partial charge in [0.05, 0.1) is 19.0 Å². The summed E-state index contributed by atoms with van der Waals surface area (Å²) in [5, 5.41) is 24.0. The minimum absolute atomic E-state index is 0.0689. The third kappa shape index (κ3) is 4.08. The number of aromatic nitrogens is 6. The topological polar surface area (TPSA) is 127 Å². The lowest BCUT2D eigenvalue weighted by atomic mass is 10.1. The van der Waals surface area contributed by atoms with Crippen molar-refractivity contribution in [2.45, 2.75) is 6.42 Å². The summed E-state index contributed by atoms with van der Waals surface area (Å²) in [6.07, 6.45) is 3.61. The second-order valence-corrected chi connectivity index (χ2v) is 6.38. The van der Waals surface area contributed by atoms with Crippen LogP contribution in [0.2, 0.25) is 0 Å². The molecule has 30 heavy (non-hydrogen) atoms. The van der Waals surface area contributed by atoms with Crippen molar-refractivity contribution in [2.24, 2.45) is 0 Å². The highest BCUT2D eigenvalue weighted by Gasteiger charge is 2.12. The van der Waals surface area contributed by atoms with Crippen LogP contribution in [-0.2, 0) is 6.42 Å². The standard InChI is InChI=1S/C20H19N7O3/c1-21-20(29)16-5-6-17-24-25-18(27(17)26-16)10-13-3-2-4-14(9-13)19-22-11-15(12-23-19)30-8-7-28/h2-6,9,11-12,28H,7-8,10H2,1H3,(H,21,29). The molecule has 0 spiro atoms. The van der Waals surface area contributed by atoms with Crippen molar-refractivity contribution < 1.29 is 14.6 Å². The molecule has 0 aliphatic heterocycles. The molecule has 10 heteroatoms. The molecule has 0 aliphatic rings. The number of nitrogens with zero attached hydrogens (tertiary/aromatic N) is 6. The molecule has 3 aromatic heterocycles. The molecular formula is C20H19N7O3. The van der Waals surface area contributed by atoms with Gasteiger partial charge < -0.3 is 15.2 Å². The van der Waals surface area contributed by atoms with E-state index in [1.807, 2.05) is 24.3 Å². The summed E-state index contributed by atoms with van der Waals surface area (Å²) < 4.78 is 6.86. The fourth-order valence-corrected chi connectivity index (χ4v) is 2.90. The van der Waals surface area contributed by atoms with E-state index >= 15 is 0 Å². The van der Waals surface area contributed by atoms with Crippen LogP contribution in [0.4, 0.5) is 0 Å². The molecule has 152 valence electrons. The molecule has 0 unspecified atom stereocenters. The Morgan fingerprint density at radius 2 is 2.00 bits per heavy atom. The van der Waals surface area contributed by atoms with E-state index in [-0.39, 0.29) is 24.8 Å². The lowest BCUT2D eigenvalue weighted by Crippen LogP contribution is -2.20. The van der Waals surface area contributed by atoms with E-state index in [0.29, 0.717) is 29.5 Å². The first kappa shape index (κ1) is 19.4. The summed E-state index contributed by atoms with van der Waals surface area (Å²) in [6, 6.07) is 11.1. The van der Waals surface area contributed by atoms with Gasteiger partial charge in [0.2, 0.25) is 0 Å². The van der Waals surface area contributed by atoms with Crippen LogP contribution in [0.5, 0.6) is 5.75 Å². The lowest BCUT2D eigenvalue weighted by Gasteiger charge is -2.06. The van der Waals surface area contributed by atoms with Gasteiger partial charge in [0.15, 0.2) is 23.0 Å². The van der Waals surface area contributed by atoms with Crippen LogP contribution in [0.3, 0.4) is 0 Å². The molecule has 4 rings (SSSR count). The highest BCUT2D eigenvalue weighted by atomic mass is 16.5. The Kier molecular flexibility index (Phi) is 5.57. The summed E-state index contributed by atoms with van der Waals surface area (Å²) in [5.74, 6) is 1.39. The zero-order valence-electron chi connectivity index (χ0n) is 16.2. The second kappa shape index (κ2) is 8.62. The predicted octanol–water partition coefficient (Wildman–Crippen LogP) is 0.903. The highest BCUT2D eigenvalue weighted by molar-refractivity contribution is 5.92. The van der Waals surface area contributed by atoms with E-state index in [9.17, 15) is 4.79 Å². The third-order valence-electron chi connectivity index (χ3n) is 4.32. The van der Waals surface area contributed by atoms with E-state index in [2.05, 4.69) is 30.6 Å². The zero-order chi connectivity index (χ0) is 20.9. The second-order valence-electron chi connectivity index (χ2n) is 6.38. The van der Waals surface area contributed by atoms with Crippen LogP contribution < -0.4 is 10.1 Å². The molecule has 0 bridgehead atoms. The van der Waals surface area contributed by atoms with Gasteiger partial charge in [-0.2, -0.15) is 9.61 Å². The van der Waals surface area contributed by atoms with E-state index in [0.717, 1.165) is 11.1 Å². The first-order chi connectivity index (χ1) is 14.7. The van der Waals surface area contributed by atoms with E-state index < -0.39 is 0 Å². The number of ether oxygens (including phenoxy) is 1. The maximum Gasteiger partial charge on any atom is 0.271 e. The van der Waals surface area contributed by atoms with Gasteiger partial charge in [0.25, 0.3) is 5.91 Å². The van der Waals surface area contributed by atoms with E-state index in [1.54, 1.807) is 36.1 Å². The van der Waals surface area contributed by atoms with Gasteiger partial charge in [0.1, 0.15) is 12.3 Å². The molecule has 1 aromatic carbocycles. The quantitative estimate of drug-likeness (QED) is 0.464. The Bertz CT molecular complexity index is 1170. The number of fused-ring (bicyclic) bond motifs is 1. The minimum atomic E-state index is -0.276. The number of carbonyl (C=O) groups excluding carboxylic acids is 1. The summed E-state index contributed by atoms with van der Waals surface area (Å²) in [4.78, 5) is 20.5. The molecule has 3 heterocycles. The van der Waals surface area contributed by atoms with Gasteiger partial charge in [-0.25, -0.2) is 9.97 Å². The first-order valence-corrected chi connectivity index (χ1v) is 9.26. The third-order valence-corrected chi connectivity index (χ3v) is 4.32. The minimum Gasteiger partial charge on any atom is -0.488 e. The first-order valence-electron chi connectivity index (χ1n) is 9.26. The smallest absolute Gasteiger partial charge is 0.271 e. The summed E-state index contributed by atoms with van der Waals surface area (Å²) >= 11 is 0. The van der Waals surface area contributed by atoms with Crippen molar-refractivity contribution >= 4 is 11.6 Å². The van der Waals surface area contributed by atoms with Gasteiger partial charge in [0, 0.05) is 19.0 Å². The van der Waals surface area contributed by atoms with Gasteiger partial charge in [-0.1, -0.05) is 18.2 Å². The van der Waals surface area contributed by atoms with Crippen LogP contribution in [0.25, 0.3) is 17.0 Å². The highest BCUT2D eigenvalue weighted by Crippen LogP contribution is 2.19. The van der Waals surface area contributed by atoms with Crippen molar-refractivity contribution in [3.63, 3.8) is 0 Å². The Labute approximate surface area is 171 Å². The molecule has 4 aromatic rings.